The molecule has 0 saturated heterocycles. The van der Waals surface area contributed by atoms with Crippen molar-refractivity contribution in [2.24, 2.45) is 0 Å². The second kappa shape index (κ2) is 7.28. The maximum absolute atomic E-state index is 6.75. The number of thiophene rings is 1. The summed E-state index contributed by atoms with van der Waals surface area (Å²) in [5, 5.41) is 3.58. The predicted molar refractivity (Wildman–Crippen MR) is 162 cm³/mol. The van der Waals surface area contributed by atoms with Crippen LogP contribution in [-0.4, -0.2) is 6.71 Å². The van der Waals surface area contributed by atoms with Crippen molar-refractivity contribution in [2.75, 3.05) is 0 Å². The summed E-state index contributed by atoms with van der Waals surface area (Å²) in [5.41, 5.74) is 9.62. The molecule has 190 valence electrons. The lowest BCUT2D eigenvalue weighted by Crippen LogP contribution is -2.56. The Morgan fingerprint density at radius 2 is 1.67 bits per heavy atom. The molecule has 0 N–H and O–H groups in total. The van der Waals surface area contributed by atoms with Crippen LogP contribution in [0.4, 0.5) is 0 Å². The molecule has 0 amide bonds. The number of aryl methyl sites for hydroxylation is 3. The number of benzene rings is 4. The molecule has 6 aromatic rings. The van der Waals surface area contributed by atoms with E-state index in [9.17, 15) is 0 Å². The highest BCUT2D eigenvalue weighted by Gasteiger charge is 2.43. The van der Waals surface area contributed by atoms with E-state index in [1.807, 2.05) is 11.3 Å². The second-order valence-corrected chi connectivity index (χ2v) is 13.6. The Kier molecular flexibility index (Phi) is 4.13. The van der Waals surface area contributed by atoms with Crippen LogP contribution < -0.4 is 25.2 Å². The monoisotopic (exact) mass is 526 g/mol. The van der Waals surface area contributed by atoms with Crippen LogP contribution in [0.5, 0.6) is 23.0 Å². The molecule has 3 nitrogen and oxygen atoms in total. The molecule has 9 rings (SSSR count). The Balaban J connectivity index is 1.34. The summed E-state index contributed by atoms with van der Waals surface area (Å²) in [7, 11) is 0. The average molecular weight is 526 g/mol. The summed E-state index contributed by atoms with van der Waals surface area (Å²) < 4.78 is 22.4. The molecule has 1 aliphatic carbocycles. The summed E-state index contributed by atoms with van der Waals surface area (Å²) >= 11 is 1.85. The van der Waals surface area contributed by atoms with E-state index >= 15 is 0 Å². The van der Waals surface area contributed by atoms with Crippen LogP contribution in [-0.2, 0) is 18.3 Å². The van der Waals surface area contributed by atoms with Crippen molar-refractivity contribution >= 4 is 65.8 Å². The van der Waals surface area contributed by atoms with E-state index < -0.39 is 0 Å². The van der Waals surface area contributed by atoms with Crippen LogP contribution in [0.3, 0.4) is 0 Å². The minimum absolute atomic E-state index is 0.0577. The van der Waals surface area contributed by atoms with Crippen molar-refractivity contribution in [3.63, 3.8) is 0 Å². The molecular formula is C34H27BO3S. The summed E-state index contributed by atoms with van der Waals surface area (Å²) in [6.45, 7) is 8.97. The molecule has 0 saturated carbocycles. The molecule has 3 aliphatic rings. The largest absolute Gasteiger partial charge is 0.458 e. The number of fused-ring (bicyclic) bond motifs is 11. The highest BCUT2D eigenvalue weighted by atomic mass is 32.1. The van der Waals surface area contributed by atoms with Gasteiger partial charge >= 0.3 is 0 Å². The van der Waals surface area contributed by atoms with E-state index in [1.165, 1.54) is 54.2 Å². The Morgan fingerprint density at radius 1 is 0.821 bits per heavy atom. The van der Waals surface area contributed by atoms with E-state index in [0.29, 0.717) is 0 Å². The van der Waals surface area contributed by atoms with Gasteiger partial charge in [0, 0.05) is 37.2 Å². The zero-order valence-corrected chi connectivity index (χ0v) is 23.3. The van der Waals surface area contributed by atoms with Gasteiger partial charge in [0.25, 0.3) is 6.71 Å². The van der Waals surface area contributed by atoms with Crippen LogP contribution in [0.15, 0.2) is 59.0 Å². The summed E-state index contributed by atoms with van der Waals surface area (Å²) in [5.74, 6) is 3.67. The van der Waals surface area contributed by atoms with Crippen molar-refractivity contribution in [1.29, 1.82) is 0 Å². The first-order chi connectivity index (χ1) is 18.8. The van der Waals surface area contributed by atoms with Crippen LogP contribution >= 0.6 is 11.3 Å². The molecule has 2 aromatic heterocycles. The number of hydrogen-bond donors (Lipinski definition) is 0. The van der Waals surface area contributed by atoms with Crippen molar-refractivity contribution < 1.29 is 13.9 Å². The smallest absolute Gasteiger partial charge is 0.273 e. The molecule has 39 heavy (non-hydrogen) atoms. The van der Waals surface area contributed by atoms with Gasteiger partial charge in [0.1, 0.15) is 34.2 Å². The maximum atomic E-state index is 6.75. The fourth-order valence-corrected chi connectivity index (χ4v) is 8.20. The van der Waals surface area contributed by atoms with Gasteiger partial charge < -0.3 is 13.9 Å². The van der Waals surface area contributed by atoms with Gasteiger partial charge in [-0.15, -0.1) is 11.3 Å². The van der Waals surface area contributed by atoms with Crippen molar-refractivity contribution in [3.8, 4) is 23.0 Å². The van der Waals surface area contributed by atoms with Crippen molar-refractivity contribution in [3.05, 3.63) is 76.9 Å². The number of hydrogen-bond acceptors (Lipinski definition) is 4. The molecule has 0 bridgehead atoms. The van der Waals surface area contributed by atoms with E-state index in [4.69, 9.17) is 13.9 Å². The standard InChI is InChI=1S/C34H27BO3S/c1-17-12-27-30-28(13-17)38-32-23-14-19(34(2,3)4)9-11-29(23)39-33(32)35(30)24-15-22-21-10-8-18-6-5-7-20(18)31(21)37-25(22)16-26(24)36-27/h8-16H,5-7H2,1-4H3. The third-order valence-electron chi connectivity index (χ3n) is 8.92. The molecular weight excluding hydrogens is 499 g/mol. The minimum atomic E-state index is 0.0577. The molecule has 0 radical (unpaired) electrons. The van der Waals surface area contributed by atoms with Gasteiger partial charge in [-0.05, 0) is 83.6 Å². The number of ether oxygens (including phenoxy) is 2. The van der Waals surface area contributed by atoms with Gasteiger partial charge in [-0.2, -0.15) is 0 Å². The van der Waals surface area contributed by atoms with E-state index in [-0.39, 0.29) is 12.1 Å². The molecule has 0 unspecified atom stereocenters. The highest BCUT2D eigenvalue weighted by Crippen LogP contribution is 2.44. The molecule has 0 atom stereocenters. The molecule has 4 aromatic carbocycles. The topological polar surface area (TPSA) is 31.6 Å². The van der Waals surface area contributed by atoms with Gasteiger partial charge in [0.2, 0.25) is 0 Å². The lowest BCUT2D eigenvalue weighted by Gasteiger charge is -2.31. The summed E-state index contributed by atoms with van der Waals surface area (Å²) in [6.07, 6.45) is 3.45. The first-order valence-electron chi connectivity index (χ1n) is 13.9. The third kappa shape index (κ3) is 2.94. The summed E-state index contributed by atoms with van der Waals surface area (Å²) in [6, 6.07) is 20.2. The molecule has 2 aliphatic heterocycles. The molecule has 0 spiro atoms. The highest BCUT2D eigenvalue weighted by molar-refractivity contribution is 7.33. The van der Waals surface area contributed by atoms with Gasteiger partial charge in [-0.1, -0.05) is 45.0 Å². The quantitative estimate of drug-likeness (QED) is 0.191. The maximum Gasteiger partial charge on any atom is 0.273 e. The van der Waals surface area contributed by atoms with Crippen LogP contribution in [0, 0.1) is 6.92 Å². The normalized spacial score (nSPS) is 15.2. The average Bonchev–Trinajstić information content (AvgIpc) is 3.61. The zero-order valence-electron chi connectivity index (χ0n) is 22.5. The van der Waals surface area contributed by atoms with Crippen LogP contribution in [0.2, 0.25) is 0 Å². The van der Waals surface area contributed by atoms with Gasteiger partial charge in [-0.3, -0.25) is 0 Å². The van der Waals surface area contributed by atoms with Crippen molar-refractivity contribution in [1.82, 2.24) is 0 Å². The Bertz CT molecular complexity index is 2060. The zero-order chi connectivity index (χ0) is 26.2. The Labute approximate surface area is 231 Å². The van der Waals surface area contributed by atoms with Crippen molar-refractivity contribution in [2.45, 2.75) is 52.4 Å². The first-order valence-corrected chi connectivity index (χ1v) is 14.7. The van der Waals surface area contributed by atoms with E-state index in [1.54, 1.807) is 0 Å². The fraction of sp³-hybridized carbons (Fsp3) is 0.235. The number of furan rings is 1. The minimum Gasteiger partial charge on any atom is -0.458 e. The predicted octanol–water partition coefficient (Wildman–Crippen LogP) is 7.62. The molecule has 4 heterocycles. The Morgan fingerprint density at radius 3 is 2.51 bits per heavy atom. The lowest BCUT2D eigenvalue weighted by atomic mass is 9.37. The lowest BCUT2D eigenvalue weighted by molar-refractivity contribution is 0.467. The van der Waals surface area contributed by atoms with Crippen LogP contribution in [0.1, 0.15) is 49.4 Å². The fourth-order valence-electron chi connectivity index (χ4n) is 6.96. The first kappa shape index (κ1) is 22.2. The van der Waals surface area contributed by atoms with Crippen LogP contribution in [0.25, 0.3) is 32.0 Å². The van der Waals surface area contributed by atoms with Gasteiger partial charge in [-0.25, -0.2) is 0 Å². The Hall–Kier alpha value is -3.70. The molecule has 0 fully saturated rings. The number of rotatable bonds is 0. The van der Waals surface area contributed by atoms with E-state index in [2.05, 4.69) is 82.3 Å². The van der Waals surface area contributed by atoms with Gasteiger partial charge in [0.15, 0.2) is 0 Å². The van der Waals surface area contributed by atoms with E-state index in [0.717, 1.165) is 58.0 Å². The molecule has 5 heteroatoms. The summed E-state index contributed by atoms with van der Waals surface area (Å²) in [4.78, 5) is 0. The third-order valence-corrected chi connectivity index (χ3v) is 10.1. The SMILES string of the molecule is Cc1cc2c3c(c1)Oc1c(sc4ccc(C(C)(C)C)cc14)B3c1cc3c(cc1O2)oc1c2c(ccc13)CCC2. The van der Waals surface area contributed by atoms with Gasteiger partial charge in [0.05, 0.1) is 0 Å². The second-order valence-electron chi connectivity index (χ2n) is 12.5.